The van der Waals surface area contributed by atoms with Crippen LogP contribution in [0.15, 0.2) is 29.4 Å². The minimum absolute atomic E-state index is 0.149. The lowest BCUT2D eigenvalue weighted by atomic mass is 10.0. The fourth-order valence-corrected chi connectivity index (χ4v) is 2.09. The zero-order valence-corrected chi connectivity index (χ0v) is 10.2. The van der Waals surface area contributed by atoms with Gasteiger partial charge in [0.25, 0.3) is 0 Å². The Kier molecular flexibility index (Phi) is 3.81. The molecule has 4 N–H and O–H groups in total. The molecule has 1 aromatic carbocycles. The van der Waals surface area contributed by atoms with Crippen molar-refractivity contribution in [3.05, 3.63) is 35.6 Å². The molecule has 1 saturated carbocycles. The topological polar surface area (TPSA) is 70.6 Å². The van der Waals surface area contributed by atoms with Crippen LogP contribution in [-0.4, -0.2) is 17.6 Å². The first kappa shape index (κ1) is 12.8. The second kappa shape index (κ2) is 5.35. The molecule has 1 aliphatic rings. The summed E-state index contributed by atoms with van der Waals surface area (Å²) in [6.45, 7) is 1.54. The standard InChI is InChI=1S/C13H18FN3O/c14-11-3-1-10(2-4-11)8-16-9-13(5-6-13)7-12(15)17-18/h1-4,16,18H,5-9H2,(H2,15,17). The molecular weight excluding hydrogens is 233 g/mol. The van der Waals surface area contributed by atoms with E-state index < -0.39 is 0 Å². The Morgan fingerprint density at radius 2 is 2.06 bits per heavy atom. The van der Waals surface area contributed by atoms with Crippen molar-refractivity contribution in [1.82, 2.24) is 5.32 Å². The van der Waals surface area contributed by atoms with Gasteiger partial charge < -0.3 is 16.3 Å². The molecule has 0 aliphatic heterocycles. The second-order valence-corrected chi connectivity index (χ2v) is 5.00. The molecule has 0 bridgehead atoms. The van der Waals surface area contributed by atoms with Crippen LogP contribution in [0, 0.1) is 11.2 Å². The lowest BCUT2D eigenvalue weighted by Gasteiger charge is -2.15. The third-order valence-corrected chi connectivity index (χ3v) is 3.38. The molecule has 0 saturated heterocycles. The van der Waals surface area contributed by atoms with Crippen LogP contribution in [0.5, 0.6) is 0 Å². The van der Waals surface area contributed by atoms with Gasteiger partial charge in [0, 0.05) is 19.5 Å². The van der Waals surface area contributed by atoms with Gasteiger partial charge >= 0.3 is 0 Å². The van der Waals surface area contributed by atoms with E-state index in [9.17, 15) is 4.39 Å². The van der Waals surface area contributed by atoms with Crippen molar-refractivity contribution in [2.24, 2.45) is 16.3 Å². The van der Waals surface area contributed by atoms with Crippen LogP contribution in [0.1, 0.15) is 24.8 Å². The van der Waals surface area contributed by atoms with Crippen LogP contribution in [0.4, 0.5) is 4.39 Å². The summed E-state index contributed by atoms with van der Waals surface area (Å²) >= 11 is 0. The number of halogens is 1. The third-order valence-electron chi connectivity index (χ3n) is 3.38. The molecule has 5 heteroatoms. The molecule has 0 amide bonds. The van der Waals surface area contributed by atoms with Gasteiger partial charge in [0.2, 0.25) is 0 Å². The predicted molar refractivity (Wildman–Crippen MR) is 67.8 cm³/mol. The van der Waals surface area contributed by atoms with Crippen molar-refractivity contribution in [2.45, 2.75) is 25.8 Å². The zero-order chi connectivity index (χ0) is 13.0. The molecule has 0 radical (unpaired) electrons. The quantitative estimate of drug-likeness (QED) is 0.312. The van der Waals surface area contributed by atoms with Crippen molar-refractivity contribution in [3.63, 3.8) is 0 Å². The van der Waals surface area contributed by atoms with E-state index in [-0.39, 0.29) is 17.1 Å². The van der Waals surface area contributed by atoms with Crippen LogP contribution >= 0.6 is 0 Å². The first-order chi connectivity index (χ1) is 8.63. The highest BCUT2D eigenvalue weighted by molar-refractivity contribution is 5.80. The van der Waals surface area contributed by atoms with Gasteiger partial charge in [-0.05, 0) is 36.0 Å². The van der Waals surface area contributed by atoms with Gasteiger partial charge in [-0.15, -0.1) is 0 Å². The number of benzene rings is 1. The number of nitrogens with zero attached hydrogens (tertiary/aromatic N) is 1. The molecule has 0 spiro atoms. The van der Waals surface area contributed by atoms with E-state index in [1.165, 1.54) is 12.1 Å². The maximum Gasteiger partial charge on any atom is 0.139 e. The number of nitrogens with two attached hydrogens (primary N) is 1. The van der Waals surface area contributed by atoms with Gasteiger partial charge in [-0.3, -0.25) is 0 Å². The molecule has 4 nitrogen and oxygen atoms in total. The number of rotatable bonds is 6. The van der Waals surface area contributed by atoms with Crippen LogP contribution < -0.4 is 11.1 Å². The molecule has 1 aliphatic carbocycles. The SMILES string of the molecule is NC(CC1(CNCc2ccc(F)cc2)CC1)=NO. The van der Waals surface area contributed by atoms with Gasteiger partial charge in [-0.1, -0.05) is 17.3 Å². The van der Waals surface area contributed by atoms with Crippen molar-refractivity contribution in [1.29, 1.82) is 0 Å². The van der Waals surface area contributed by atoms with Crippen molar-refractivity contribution >= 4 is 5.84 Å². The van der Waals surface area contributed by atoms with Gasteiger partial charge in [-0.25, -0.2) is 4.39 Å². The largest absolute Gasteiger partial charge is 0.409 e. The summed E-state index contributed by atoms with van der Waals surface area (Å²) in [4.78, 5) is 0. The first-order valence-electron chi connectivity index (χ1n) is 6.05. The Bertz CT molecular complexity index is 426. The lowest BCUT2D eigenvalue weighted by molar-refractivity contribution is 0.314. The molecule has 1 aromatic rings. The fourth-order valence-electron chi connectivity index (χ4n) is 2.09. The van der Waals surface area contributed by atoms with Gasteiger partial charge in [0.15, 0.2) is 0 Å². The highest BCUT2D eigenvalue weighted by Crippen LogP contribution is 2.48. The molecule has 0 heterocycles. The summed E-state index contributed by atoms with van der Waals surface area (Å²) in [5, 5.41) is 14.9. The number of hydrogen-bond acceptors (Lipinski definition) is 3. The normalized spacial score (nSPS) is 17.7. The summed E-state index contributed by atoms with van der Waals surface area (Å²) < 4.78 is 12.7. The average Bonchev–Trinajstić information content (AvgIpc) is 3.11. The summed E-state index contributed by atoms with van der Waals surface area (Å²) in [5.74, 6) is 0.0698. The van der Waals surface area contributed by atoms with Gasteiger partial charge in [-0.2, -0.15) is 0 Å². The van der Waals surface area contributed by atoms with Crippen LogP contribution in [-0.2, 0) is 6.54 Å². The van der Waals surface area contributed by atoms with Crippen molar-refractivity contribution < 1.29 is 9.60 Å². The van der Waals surface area contributed by atoms with E-state index in [1.54, 1.807) is 12.1 Å². The predicted octanol–water partition coefficient (Wildman–Crippen LogP) is 1.83. The van der Waals surface area contributed by atoms with E-state index in [0.717, 1.165) is 24.9 Å². The number of nitrogens with one attached hydrogen (secondary N) is 1. The Hall–Kier alpha value is -1.62. The Morgan fingerprint density at radius 1 is 1.39 bits per heavy atom. The molecule has 0 unspecified atom stereocenters. The Balaban J connectivity index is 1.77. The van der Waals surface area contributed by atoms with E-state index in [2.05, 4.69) is 10.5 Å². The highest BCUT2D eigenvalue weighted by atomic mass is 19.1. The highest BCUT2D eigenvalue weighted by Gasteiger charge is 2.42. The maximum atomic E-state index is 12.7. The average molecular weight is 251 g/mol. The summed E-state index contributed by atoms with van der Waals surface area (Å²) in [6.07, 6.45) is 2.82. The summed E-state index contributed by atoms with van der Waals surface area (Å²) in [5.41, 5.74) is 6.73. The molecule has 2 rings (SSSR count). The third kappa shape index (κ3) is 3.43. The maximum absolute atomic E-state index is 12.7. The summed E-state index contributed by atoms with van der Waals surface area (Å²) in [6, 6.07) is 6.46. The van der Waals surface area contributed by atoms with Gasteiger partial charge in [0.05, 0.1) is 0 Å². The zero-order valence-electron chi connectivity index (χ0n) is 10.2. The van der Waals surface area contributed by atoms with E-state index in [4.69, 9.17) is 10.9 Å². The van der Waals surface area contributed by atoms with Crippen molar-refractivity contribution in [3.8, 4) is 0 Å². The Labute approximate surface area is 106 Å². The van der Waals surface area contributed by atoms with Crippen LogP contribution in [0.3, 0.4) is 0 Å². The lowest BCUT2D eigenvalue weighted by Crippen LogP contribution is -2.28. The minimum Gasteiger partial charge on any atom is -0.409 e. The van der Waals surface area contributed by atoms with E-state index >= 15 is 0 Å². The fraction of sp³-hybridized carbons (Fsp3) is 0.462. The van der Waals surface area contributed by atoms with Crippen LogP contribution in [0.25, 0.3) is 0 Å². The van der Waals surface area contributed by atoms with Gasteiger partial charge in [0.1, 0.15) is 11.7 Å². The monoisotopic (exact) mass is 251 g/mol. The summed E-state index contributed by atoms with van der Waals surface area (Å²) in [7, 11) is 0. The molecule has 98 valence electrons. The minimum atomic E-state index is -0.218. The van der Waals surface area contributed by atoms with Crippen LogP contribution in [0.2, 0.25) is 0 Å². The molecule has 0 atom stereocenters. The smallest absolute Gasteiger partial charge is 0.139 e. The number of hydrogen-bond donors (Lipinski definition) is 3. The van der Waals surface area contributed by atoms with Crippen molar-refractivity contribution in [2.75, 3.05) is 6.54 Å². The van der Waals surface area contributed by atoms with E-state index in [1.807, 2.05) is 0 Å². The Morgan fingerprint density at radius 3 is 2.61 bits per heavy atom. The molecule has 18 heavy (non-hydrogen) atoms. The molecular formula is C13H18FN3O. The van der Waals surface area contributed by atoms with E-state index in [0.29, 0.717) is 13.0 Å². The molecule has 1 fully saturated rings. The number of amidine groups is 1. The number of oxime groups is 1. The second-order valence-electron chi connectivity index (χ2n) is 5.00. The molecule has 0 aromatic heterocycles. The first-order valence-corrected chi connectivity index (χ1v) is 6.05.